The predicted molar refractivity (Wildman–Crippen MR) is 85.1 cm³/mol. The van der Waals surface area contributed by atoms with Crippen LogP contribution >= 0.6 is 0 Å². The molecule has 1 N–H and O–H groups in total. The van der Waals surface area contributed by atoms with E-state index in [9.17, 15) is 9.90 Å². The standard InChI is InChI=1S/C19H14O4/c1-2-12-22-19(15-10-6-7-11-16(15)20)18(21)13-17(23-19)14-8-4-3-5-9-14/h1,3-11,13,20H,12H2. The topological polar surface area (TPSA) is 55.8 Å². The van der Waals surface area contributed by atoms with Gasteiger partial charge in [0.05, 0.1) is 5.56 Å². The van der Waals surface area contributed by atoms with E-state index >= 15 is 0 Å². The Balaban J connectivity index is 2.04. The number of aromatic hydroxyl groups is 1. The maximum absolute atomic E-state index is 12.6. The fourth-order valence-corrected chi connectivity index (χ4v) is 2.45. The van der Waals surface area contributed by atoms with Crippen molar-refractivity contribution in [2.75, 3.05) is 6.61 Å². The quantitative estimate of drug-likeness (QED) is 0.883. The molecule has 1 aliphatic rings. The maximum Gasteiger partial charge on any atom is 0.306 e. The van der Waals surface area contributed by atoms with Crippen LogP contribution in [-0.2, 0) is 20.1 Å². The highest BCUT2D eigenvalue weighted by Crippen LogP contribution is 2.43. The van der Waals surface area contributed by atoms with E-state index in [1.807, 2.05) is 30.3 Å². The van der Waals surface area contributed by atoms with Crippen LogP contribution in [0, 0.1) is 12.3 Å². The number of benzene rings is 2. The summed E-state index contributed by atoms with van der Waals surface area (Å²) in [6, 6.07) is 15.6. The zero-order chi connectivity index (χ0) is 16.3. The second-order valence-electron chi connectivity index (χ2n) is 4.97. The second-order valence-corrected chi connectivity index (χ2v) is 4.97. The molecular weight excluding hydrogens is 292 g/mol. The van der Waals surface area contributed by atoms with Crippen molar-refractivity contribution in [3.05, 3.63) is 71.8 Å². The molecule has 3 rings (SSSR count). The lowest BCUT2D eigenvalue weighted by Crippen LogP contribution is -2.37. The molecule has 0 radical (unpaired) electrons. The van der Waals surface area contributed by atoms with E-state index in [0.717, 1.165) is 5.56 Å². The number of hydrogen-bond acceptors (Lipinski definition) is 4. The minimum absolute atomic E-state index is 0.0967. The van der Waals surface area contributed by atoms with Crippen LogP contribution in [-0.4, -0.2) is 17.5 Å². The number of rotatable bonds is 4. The number of terminal acetylenes is 1. The molecular formula is C19H14O4. The number of carbonyl (C=O) groups is 1. The molecule has 1 aliphatic heterocycles. The van der Waals surface area contributed by atoms with Crippen molar-refractivity contribution in [3.8, 4) is 18.1 Å². The van der Waals surface area contributed by atoms with Crippen molar-refractivity contribution in [1.82, 2.24) is 0 Å². The number of hydrogen-bond donors (Lipinski definition) is 1. The van der Waals surface area contributed by atoms with E-state index in [2.05, 4.69) is 5.92 Å². The van der Waals surface area contributed by atoms with Gasteiger partial charge in [-0.2, -0.15) is 0 Å². The van der Waals surface area contributed by atoms with Crippen molar-refractivity contribution < 1.29 is 19.4 Å². The first kappa shape index (κ1) is 14.9. The normalized spacial score (nSPS) is 19.8. The summed E-state index contributed by atoms with van der Waals surface area (Å²) in [7, 11) is 0. The van der Waals surface area contributed by atoms with Crippen LogP contribution in [0.1, 0.15) is 11.1 Å². The van der Waals surface area contributed by atoms with Crippen LogP contribution in [0.15, 0.2) is 60.7 Å². The third-order valence-corrected chi connectivity index (χ3v) is 3.52. The molecule has 2 aromatic carbocycles. The van der Waals surface area contributed by atoms with Crippen LogP contribution in [0.2, 0.25) is 0 Å². The van der Waals surface area contributed by atoms with Gasteiger partial charge in [0.15, 0.2) is 0 Å². The highest BCUT2D eigenvalue weighted by molar-refractivity contribution is 6.05. The van der Waals surface area contributed by atoms with E-state index < -0.39 is 11.6 Å². The monoisotopic (exact) mass is 306 g/mol. The van der Waals surface area contributed by atoms with Gasteiger partial charge in [0.2, 0.25) is 5.78 Å². The highest BCUT2D eigenvalue weighted by Gasteiger charge is 2.49. The first-order valence-corrected chi connectivity index (χ1v) is 7.04. The molecule has 4 nitrogen and oxygen atoms in total. The molecule has 0 aromatic heterocycles. The van der Waals surface area contributed by atoms with Gasteiger partial charge in [0.1, 0.15) is 18.1 Å². The minimum atomic E-state index is -1.76. The summed E-state index contributed by atoms with van der Waals surface area (Å²) in [6.45, 7) is -0.129. The number of carbonyl (C=O) groups excluding carboxylic acids is 1. The number of ether oxygens (including phenoxy) is 2. The molecule has 0 saturated carbocycles. The third-order valence-electron chi connectivity index (χ3n) is 3.52. The Bertz CT molecular complexity index is 802. The fraction of sp³-hybridized carbons (Fsp3) is 0.105. The van der Waals surface area contributed by atoms with Crippen LogP contribution in [0.3, 0.4) is 0 Å². The van der Waals surface area contributed by atoms with Crippen molar-refractivity contribution in [3.63, 3.8) is 0 Å². The zero-order valence-corrected chi connectivity index (χ0v) is 12.2. The molecule has 2 aromatic rings. The lowest BCUT2D eigenvalue weighted by atomic mass is 10.0. The number of para-hydroxylation sites is 1. The molecule has 114 valence electrons. The average molecular weight is 306 g/mol. The van der Waals surface area contributed by atoms with Crippen molar-refractivity contribution in [2.24, 2.45) is 0 Å². The third kappa shape index (κ3) is 2.59. The van der Waals surface area contributed by atoms with Crippen LogP contribution in [0.5, 0.6) is 5.75 Å². The molecule has 4 heteroatoms. The van der Waals surface area contributed by atoms with Crippen molar-refractivity contribution in [2.45, 2.75) is 5.79 Å². The Kier molecular flexibility index (Phi) is 3.88. The van der Waals surface area contributed by atoms with Crippen LogP contribution in [0.4, 0.5) is 0 Å². The summed E-state index contributed by atoms with van der Waals surface area (Å²) in [4.78, 5) is 12.6. The summed E-state index contributed by atoms with van der Waals surface area (Å²) >= 11 is 0. The predicted octanol–water partition coefficient (Wildman–Crippen LogP) is 2.84. The van der Waals surface area contributed by atoms with Gasteiger partial charge in [-0.25, -0.2) is 0 Å². The average Bonchev–Trinajstić information content (AvgIpc) is 2.92. The first-order chi connectivity index (χ1) is 11.2. The molecule has 0 spiro atoms. The van der Waals surface area contributed by atoms with Gasteiger partial charge >= 0.3 is 5.79 Å². The molecule has 0 bridgehead atoms. The molecule has 0 fully saturated rings. The molecule has 1 heterocycles. The summed E-state index contributed by atoms with van der Waals surface area (Å²) in [5.41, 5.74) is 0.963. The highest BCUT2D eigenvalue weighted by atomic mass is 16.7. The Morgan fingerprint density at radius 2 is 1.83 bits per heavy atom. The van der Waals surface area contributed by atoms with E-state index in [4.69, 9.17) is 15.9 Å². The molecule has 0 aliphatic carbocycles. The van der Waals surface area contributed by atoms with E-state index in [1.165, 1.54) is 12.1 Å². The fourth-order valence-electron chi connectivity index (χ4n) is 2.45. The van der Waals surface area contributed by atoms with Gasteiger partial charge in [0, 0.05) is 11.6 Å². The van der Waals surface area contributed by atoms with Crippen LogP contribution < -0.4 is 0 Å². The molecule has 0 amide bonds. The van der Waals surface area contributed by atoms with E-state index in [-0.39, 0.29) is 17.9 Å². The molecule has 23 heavy (non-hydrogen) atoms. The summed E-state index contributed by atoms with van der Waals surface area (Å²) < 4.78 is 11.4. The largest absolute Gasteiger partial charge is 0.507 e. The summed E-state index contributed by atoms with van der Waals surface area (Å²) in [6.07, 6.45) is 6.61. The smallest absolute Gasteiger partial charge is 0.306 e. The summed E-state index contributed by atoms with van der Waals surface area (Å²) in [5.74, 6) is 0.415. The van der Waals surface area contributed by atoms with Gasteiger partial charge < -0.3 is 14.6 Å². The van der Waals surface area contributed by atoms with E-state index in [0.29, 0.717) is 5.76 Å². The Morgan fingerprint density at radius 3 is 2.52 bits per heavy atom. The van der Waals surface area contributed by atoms with Gasteiger partial charge in [-0.1, -0.05) is 48.4 Å². The van der Waals surface area contributed by atoms with Crippen molar-refractivity contribution >= 4 is 11.5 Å². The first-order valence-electron chi connectivity index (χ1n) is 7.04. The second kappa shape index (κ2) is 5.99. The lowest BCUT2D eigenvalue weighted by Gasteiger charge is -2.28. The molecule has 1 unspecified atom stereocenters. The Labute approximate surface area is 134 Å². The number of ketones is 1. The number of phenols is 1. The summed E-state index contributed by atoms with van der Waals surface area (Å²) in [5, 5.41) is 10.1. The minimum Gasteiger partial charge on any atom is -0.507 e. The van der Waals surface area contributed by atoms with Gasteiger partial charge in [-0.05, 0) is 12.1 Å². The maximum atomic E-state index is 12.6. The lowest BCUT2D eigenvalue weighted by molar-refractivity contribution is -0.193. The van der Waals surface area contributed by atoms with E-state index in [1.54, 1.807) is 18.2 Å². The SMILES string of the molecule is C#CCOC1(c2ccccc2O)OC(c2ccccc2)=CC1=O. The molecule has 1 atom stereocenters. The van der Waals surface area contributed by atoms with Gasteiger partial charge in [-0.3, -0.25) is 4.79 Å². The number of phenolic OH excluding ortho intramolecular Hbond substituents is 1. The molecule has 0 saturated heterocycles. The van der Waals surface area contributed by atoms with Crippen LogP contribution in [0.25, 0.3) is 5.76 Å². The van der Waals surface area contributed by atoms with Gasteiger partial charge in [0.25, 0.3) is 0 Å². The van der Waals surface area contributed by atoms with Crippen molar-refractivity contribution in [1.29, 1.82) is 0 Å². The Hall–Kier alpha value is -3.03. The van der Waals surface area contributed by atoms with Gasteiger partial charge in [-0.15, -0.1) is 6.42 Å². The Morgan fingerprint density at radius 1 is 1.13 bits per heavy atom. The zero-order valence-electron chi connectivity index (χ0n) is 12.2.